The summed E-state index contributed by atoms with van der Waals surface area (Å²) in [6, 6.07) is 37.7. The second-order valence-electron chi connectivity index (χ2n) is 8.12. The lowest BCUT2D eigenvalue weighted by molar-refractivity contribution is 1.07. The van der Waals surface area contributed by atoms with Gasteiger partial charge in [0.1, 0.15) is 5.65 Å². The van der Waals surface area contributed by atoms with Gasteiger partial charge in [-0.25, -0.2) is 4.98 Å². The van der Waals surface area contributed by atoms with E-state index in [1.807, 2.05) is 0 Å². The third-order valence-electron chi connectivity index (χ3n) is 6.55. The molecule has 3 heterocycles. The Labute approximate surface area is 182 Å². The summed E-state index contributed by atoms with van der Waals surface area (Å²) in [7, 11) is -1.47. The van der Waals surface area contributed by atoms with Gasteiger partial charge in [0.2, 0.25) is 0 Å². The minimum atomic E-state index is -1.47. The fraction of sp³-hybridized carbons (Fsp3) is 0.0357. The predicted molar refractivity (Wildman–Crippen MR) is 129 cm³/mol. The van der Waals surface area contributed by atoms with Crippen LogP contribution in [0.2, 0.25) is 0 Å². The molecule has 3 heteroatoms. The first-order valence-corrected chi connectivity index (χ1v) is 12.4. The molecule has 0 saturated heterocycles. The van der Waals surface area contributed by atoms with Gasteiger partial charge in [-0.2, -0.15) is 10.0 Å². The molecule has 0 aliphatic carbocycles. The summed E-state index contributed by atoms with van der Waals surface area (Å²) in [5, 5.41) is 3.81. The number of hydrogen-bond acceptors (Lipinski definition) is 1. The number of nitrogens with zero attached hydrogens (tertiary/aromatic N) is 2. The summed E-state index contributed by atoms with van der Waals surface area (Å²) >= 11 is 0. The summed E-state index contributed by atoms with van der Waals surface area (Å²) < 4.78 is 2.42. The molecule has 0 N–H and O–H groups in total. The van der Waals surface area contributed by atoms with Gasteiger partial charge in [-0.05, 0) is 45.5 Å². The van der Waals surface area contributed by atoms with Gasteiger partial charge in [0.05, 0.1) is 17.4 Å². The number of para-hydroxylation sites is 1. The number of hydrogen-bond donors (Lipinski definition) is 0. The van der Waals surface area contributed by atoms with E-state index in [-0.39, 0.29) is 0 Å². The van der Waals surface area contributed by atoms with Crippen molar-refractivity contribution in [3.05, 3.63) is 115 Å². The van der Waals surface area contributed by atoms with Gasteiger partial charge >= 0.3 is 0 Å². The maximum absolute atomic E-state index is 4.93. The third kappa shape index (κ3) is 2.16. The fourth-order valence-electron chi connectivity index (χ4n) is 5.25. The Kier molecular flexibility index (Phi) is 3.44. The number of aromatic nitrogens is 2. The van der Waals surface area contributed by atoms with Crippen molar-refractivity contribution >= 4 is 37.4 Å². The van der Waals surface area contributed by atoms with E-state index in [9.17, 15) is 0 Å². The maximum Gasteiger partial charge on any atom is 0.145 e. The highest BCUT2D eigenvalue weighted by molar-refractivity contribution is 8.33. The van der Waals surface area contributed by atoms with Crippen LogP contribution in [0, 0.1) is 0 Å². The summed E-state index contributed by atoms with van der Waals surface area (Å²) in [5.74, 6) is 0.965. The van der Waals surface area contributed by atoms with Crippen molar-refractivity contribution in [2.45, 2.75) is 20.4 Å². The van der Waals surface area contributed by atoms with E-state index < -0.39 is 10.0 Å². The Balaban J connectivity index is 1.73. The topological polar surface area (TPSA) is 17.3 Å². The summed E-state index contributed by atoms with van der Waals surface area (Å²) in [6.07, 6.45) is 2.10. The minimum absolute atomic E-state index is 0.965. The average molecular weight is 417 g/mol. The molecule has 0 fully saturated rings. The van der Waals surface area contributed by atoms with Gasteiger partial charge in [0.25, 0.3) is 0 Å². The summed E-state index contributed by atoms with van der Waals surface area (Å²) in [6.45, 7) is 0. The van der Waals surface area contributed by atoms with Crippen LogP contribution >= 0.6 is 10.0 Å². The van der Waals surface area contributed by atoms with Gasteiger partial charge < -0.3 is 0 Å². The van der Waals surface area contributed by atoms with E-state index >= 15 is 0 Å². The quantitative estimate of drug-likeness (QED) is 0.268. The first kappa shape index (κ1) is 17.2. The van der Waals surface area contributed by atoms with Crippen LogP contribution in [-0.4, -0.2) is 9.38 Å². The van der Waals surface area contributed by atoms with Crippen LogP contribution in [0.5, 0.6) is 0 Å². The van der Waals surface area contributed by atoms with E-state index in [1.54, 1.807) is 0 Å². The molecular formula is C28H20N2S. The Morgan fingerprint density at radius 1 is 0.613 bits per heavy atom. The number of fused-ring (bicyclic) bond motifs is 3. The SMILES string of the molecule is c1ccc(S2(c3ccccc3)Cc3cnc4c5ccccc5c5cccc2c5n34)cc1. The lowest BCUT2D eigenvalue weighted by Crippen LogP contribution is -2.15. The standard InChI is InChI=1S/C28H20N2S/c1-3-10-21(11-4-1)31(22-12-5-2-6-13-22)19-20-18-29-28-25-15-8-7-14-23(25)24-16-9-17-26(31)27(24)30(20)28/h1-18H,19H2. The molecule has 7 rings (SSSR count). The lowest BCUT2D eigenvalue weighted by Gasteiger charge is -2.44. The second kappa shape index (κ2) is 6.22. The van der Waals surface area contributed by atoms with Crippen LogP contribution in [0.25, 0.3) is 27.3 Å². The van der Waals surface area contributed by atoms with Crippen molar-refractivity contribution in [1.82, 2.24) is 9.38 Å². The molecule has 1 aliphatic rings. The Morgan fingerprint density at radius 3 is 1.94 bits per heavy atom. The predicted octanol–water partition coefficient (Wildman–Crippen LogP) is 7.44. The first-order chi connectivity index (χ1) is 15.4. The molecule has 0 radical (unpaired) electrons. The highest BCUT2D eigenvalue weighted by Gasteiger charge is 2.37. The molecule has 31 heavy (non-hydrogen) atoms. The summed E-state index contributed by atoms with van der Waals surface area (Å²) in [5.41, 5.74) is 3.68. The van der Waals surface area contributed by atoms with E-state index in [0.29, 0.717) is 0 Å². The number of imidazole rings is 1. The fourth-order valence-corrected chi connectivity index (χ4v) is 9.26. The molecule has 0 saturated carbocycles. The largest absolute Gasteiger partial charge is 0.294 e. The molecule has 2 nitrogen and oxygen atoms in total. The molecular weight excluding hydrogens is 396 g/mol. The van der Waals surface area contributed by atoms with Gasteiger partial charge in [-0.15, -0.1) is 0 Å². The van der Waals surface area contributed by atoms with E-state index in [4.69, 9.17) is 4.98 Å². The molecule has 4 aromatic carbocycles. The van der Waals surface area contributed by atoms with Crippen molar-refractivity contribution in [2.75, 3.05) is 0 Å². The summed E-state index contributed by atoms with van der Waals surface area (Å²) in [4.78, 5) is 9.17. The molecule has 0 atom stereocenters. The molecule has 0 spiro atoms. The smallest absolute Gasteiger partial charge is 0.145 e. The van der Waals surface area contributed by atoms with Crippen LogP contribution in [-0.2, 0) is 5.75 Å². The number of pyridine rings is 1. The Hall–Kier alpha value is -3.56. The average Bonchev–Trinajstić information content (AvgIpc) is 3.29. The monoisotopic (exact) mass is 416 g/mol. The molecule has 148 valence electrons. The molecule has 0 bridgehead atoms. The highest BCUT2D eigenvalue weighted by Crippen LogP contribution is 2.72. The third-order valence-corrected chi connectivity index (χ3v) is 10.5. The van der Waals surface area contributed by atoms with Crippen molar-refractivity contribution < 1.29 is 0 Å². The number of benzene rings is 4. The minimum Gasteiger partial charge on any atom is -0.294 e. The van der Waals surface area contributed by atoms with Crippen LogP contribution in [0.1, 0.15) is 5.69 Å². The van der Waals surface area contributed by atoms with E-state index in [1.165, 1.54) is 42.1 Å². The molecule has 0 unspecified atom stereocenters. The Bertz CT molecular complexity index is 1560. The maximum atomic E-state index is 4.93. The van der Waals surface area contributed by atoms with Crippen LogP contribution in [0.3, 0.4) is 0 Å². The molecule has 6 aromatic rings. The van der Waals surface area contributed by atoms with Crippen molar-refractivity contribution in [2.24, 2.45) is 0 Å². The van der Waals surface area contributed by atoms with Crippen molar-refractivity contribution in [3.63, 3.8) is 0 Å². The first-order valence-electron chi connectivity index (χ1n) is 10.6. The number of rotatable bonds is 2. The van der Waals surface area contributed by atoms with Crippen LogP contribution in [0.4, 0.5) is 0 Å². The van der Waals surface area contributed by atoms with E-state index in [2.05, 4.69) is 114 Å². The van der Waals surface area contributed by atoms with Gasteiger partial charge in [-0.3, -0.25) is 4.40 Å². The van der Waals surface area contributed by atoms with Crippen LogP contribution in [0.15, 0.2) is 124 Å². The Morgan fingerprint density at radius 2 is 1.23 bits per heavy atom. The van der Waals surface area contributed by atoms with Gasteiger partial charge in [0, 0.05) is 21.4 Å². The van der Waals surface area contributed by atoms with Gasteiger partial charge in [-0.1, -0.05) is 72.8 Å². The zero-order valence-corrected chi connectivity index (χ0v) is 17.7. The van der Waals surface area contributed by atoms with Crippen LogP contribution < -0.4 is 0 Å². The lowest BCUT2D eigenvalue weighted by atomic mass is 10.1. The molecule has 0 amide bonds. The van der Waals surface area contributed by atoms with E-state index in [0.717, 1.165) is 11.4 Å². The zero-order chi connectivity index (χ0) is 20.4. The normalized spacial score (nSPS) is 15.6. The van der Waals surface area contributed by atoms with Crippen molar-refractivity contribution in [3.8, 4) is 0 Å². The van der Waals surface area contributed by atoms with Gasteiger partial charge in [0.15, 0.2) is 0 Å². The molecule has 1 aliphatic heterocycles. The highest BCUT2D eigenvalue weighted by atomic mass is 32.3. The molecule has 2 aromatic heterocycles. The zero-order valence-electron chi connectivity index (χ0n) is 16.9. The van der Waals surface area contributed by atoms with Crippen molar-refractivity contribution in [1.29, 1.82) is 0 Å². The second-order valence-corrected chi connectivity index (χ2v) is 11.3.